The van der Waals surface area contributed by atoms with Crippen molar-refractivity contribution in [1.82, 2.24) is 9.78 Å². The number of hydrogen-bond donors (Lipinski definition) is 1. The number of nitrogens with one attached hydrogen (secondary N) is 1. The van der Waals surface area contributed by atoms with Gasteiger partial charge in [0.25, 0.3) is 0 Å². The van der Waals surface area contributed by atoms with Crippen LogP contribution in [0.1, 0.15) is 18.5 Å². The van der Waals surface area contributed by atoms with Crippen LogP contribution in [0.25, 0.3) is 0 Å². The predicted molar refractivity (Wildman–Crippen MR) is 61.6 cm³/mol. The lowest BCUT2D eigenvalue weighted by atomic mass is 10.1. The molecule has 16 heavy (non-hydrogen) atoms. The molecule has 0 saturated heterocycles. The largest absolute Gasteiger partial charge is 0.376 e. The van der Waals surface area contributed by atoms with Crippen molar-refractivity contribution >= 4 is 5.69 Å². The van der Waals surface area contributed by atoms with Gasteiger partial charge in [-0.05, 0) is 13.0 Å². The van der Waals surface area contributed by atoms with E-state index in [2.05, 4.69) is 10.4 Å². The fourth-order valence-electron chi connectivity index (χ4n) is 1.65. The molecule has 0 aliphatic carbocycles. The highest BCUT2D eigenvalue weighted by molar-refractivity contribution is 5.41. The normalized spacial score (nSPS) is 12.4. The molecule has 0 radical (unpaired) electrons. The van der Waals surface area contributed by atoms with Gasteiger partial charge >= 0.3 is 0 Å². The molecule has 0 bridgehead atoms. The van der Waals surface area contributed by atoms with E-state index in [1.54, 1.807) is 23.0 Å². The third-order valence-corrected chi connectivity index (χ3v) is 2.46. The minimum absolute atomic E-state index is 0.0783. The Balaban J connectivity index is 2.14. The molecule has 1 unspecified atom stereocenters. The molecule has 0 aliphatic heterocycles. The Labute approximate surface area is 93.9 Å². The van der Waals surface area contributed by atoms with Crippen molar-refractivity contribution in [1.29, 1.82) is 0 Å². The summed E-state index contributed by atoms with van der Waals surface area (Å²) in [6.07, 6.45) is 3.58. The zero-order chi connectivity index (χ0) is 11.5. The van der Waals surface area contributed by atoms with Crippen LogP contribution < -0.4 is 5.32 Å². The highest BCUT2D eigenvalue weighted by atomic mass is 19.1. The molecule has 0 amide bonds. The zero-order valence-electron chi connectivity index (χ0n) is 9.31. The van der Waals surface area contributed by atoms with Gasteiger partial charge in [-0.25, -0.2) is 4.39 Å². The molecule has 0 aliphatic rings. The highest BCUT2D eigenvalue weighted by Gasteiger charge is 2.10. The molecular formula is C12H14FN3. The van der Waals surface area contributed by atoms with Gasteiger partial charge in [0.1, 0.15) is 5.82 Å². The Bertz CT molecular complexity index is 479. The second-order valence-electron chi connectivity index (χ2n) is 3.79. The first-order chi connectivity index (χ1) is 7.66. The number of nitrogens with zero attached hydrogens (tertiary/aromatic N) is 2. The lowest BCUT2D eigenvalue weighted by Crippen LogP contribution is -2.07. The van der Waals surface area contributed by atoms with Gasteiger partial charge < -0.3 is 5.32 Å². The minimum Gasteiger partial charge on any atom is -0.376 e. The number of aryl methyl sites for hydroxylation is 1. The summed E-state index contributed by atoms with van der Waals surface area (Å²) in [7, 11) is 1.85. The summed E-state index contributed by atoms with van der Waals surface area (Å²) in [6, 6.07) is 6.70. The van der Waals surface area contributed by atoms with Crippen LogP contribution in [0.2, 0.25) is 0 Å². The maximum absolute atomic E-state index is 13.5. The van der Waals surface area contributed by atoms with E-state index >= 15 is 0 Å². The van der Waals surface area contributed by atoms with Crippen LogP contribution in [0.15, 0.2) is 36.7 Å². The highest BCUT2D eigenvalue weighted by Crippen LogP contribution is 2.20. The van der Waals surface area contributed by atoms with E-state index in [4.69, 9.17) is 0 Å². The molecule has 1 heterocycles. The Hall–Kier alpha value is -1.84. The summed E-state index contributed by atoms with van der Waals surface area (Å²) in [4.78, 5) is 0. The topological polar surface area (TPSA) is 29.9 Å². The van der Waals surface area contributed by atoms with Gasteiger partial charge in [-0.15, -0.1) is 0 Å². The Morgan fingerprint density at radius 1 is 1.38 bits per heavy atom. The minimum atomic E-state index is -0.189. The Morgan fingerprint density at radius 2 is 2.12 bits per heavy atom. The molecule has 84 valence electrons. The van der Waals surface area contributed by atoms with Crippen LogP contribution in [-0.2, 0) is 7.05 Å². The van der Waals surface area contributed by atoms with Crippen molar-refractivity contribution < 1.29 is 4.39 Å². The van der Waals surface area contributed by atoms with Crippen molar-refractivity contribution in [3.05, 3.63) is 48.0 Å². The first kappa shape index (κ1) is 10.7. The molecule has 1 atom stereocenters. The van der Waals surface area contributed by atoms with Gasteiger partial charge in [0.2, 0.25) is 0 Å². The fourth-order valence-corrected chi connectivity index (χ4v) is 1.65. The van der Waals surface area contributed by atoms with E-state index in [-0.39, 0.29) is 11.9 Å². The summed E-state index contributed by atoms with van der Waals surface area (Å²) in [6.45, 7) is 1.92. The SMILES string of the molecule is CC(Nc1cnn(C)c1)c1ccccc1F. The quantitative estimate of drug-likeness (QED) is 0.860. The average Bonchev–Trinajstić information content (AvgIpc) is 2.64. The van der Waals surface area contributed by atoms with Gasteiger partial charge in [-0.3, -0.25) is 4.68 Å². The third-order valence-electron chi connectivity index (χ3n) is 2.46. The van der Waals surface area contributed by atoms with E-state index < -0.39 is 0 Å². The van der Waals surface area contributed by atoms with Crippen LogP contribution >= 0.6 is 0 Å². The summed E-state index contributed by atoms with van der Waals surface area (Å²) in [5.74, 6) is -0.189. The van der Waals surface area contributed by atoms with E-state index in [9.17, 15) is 4.39 Å². The number of hydrogen-bond acceptors (Lipinski definition) is 2. The standard InChI is InChI=1S/C12H14FN3/c1-9(11-5-3-4-6-12(11)13)15-10-7-14-16(2)8-10/h3-9,15H,1-2H3. The first-order valence-electron chi connectivity index (χ1n) is 5.16. The fraction of sp³-hybridized carbons (Fsp3) is 0.250. The van der Waals surface area contributed by atoms with Crippen molar-refractivity contribution in [3.8, 4) is 0 Å². The van der Waals surface area contributed by atoms with E-state index in [1.165, 1.54) is 6.07 Å². The van der Waals surface area contributed by atoms with Crippen LogP contribution in [0, 0.1) is 5.82 Å². The summed E-state index contributed by atoms with van der Waals surface area (Å²) in [5, 5.41) is 7.24. The molecule has 0 spiro atoms. The number of benzene rings is 1. The molecule has 1 N–H and O–H groups in total. The number of aromatic nitrogens is 2. The monoisotopic (exact) mass is 219 g/mol. The first-order valence-corrected chi connectivity index (χ1v) is 5.16. The smallest absolute Gasteiger partial charge is 0.128 e. The predicted octanol–water partition coefficient (Wildman–Crippen LogP) is 2.73. The molecule has 3 nitrogen and oxygen atoms in total. The second-order valence-corrected chi connectivity index (χ2v) is 3.79. The lowest BCUT2D eigenvalue weighted by molar-refractivity contribution is 0.600. The Morgan fingerprint density at radius 3 is 2.75 bits per heavy atom. The van der Waals surface area contributed by atoms with E-state index in [0.717, 1.165) is 5.69 Å². The molecule has 2 rings (SSSR count). The number of anilines is 1. The van der Waals surface area contributed by atoms with Gasteiger partial charge in [0.15, 0.2) is 0 Å². The Kier molecular flexibility index (Phi) is 2.90. The molecular weight excluding hydrogens is 205 g/mol. The lowest BCUT2D eigenvalue weighted by Gasteiger charge is -2.14. The van der Waals surface area contributed by atoms with Gasteiger partial charge in [0.05, 0.1) is 17.9 Å². The molecule has 0 saturated carbocycles. The van der Waals surface area contributed by atoms with E-state index in [1.807, 2.05) is 26.2 Å². The summed E-state index contributed by atoms with van der Waals surface area (Å²) in [5.41, 5.74) is 1.55. The molecule has 0 fully saturated rings. The number of halogens is 1. The van der Waals surface area contributed by atoms with Crippen molar-refractivity contribution in [2.75, 3.05) is 5.32 Å². The average molecular weight is 219 g/mol. The van der Waals surface area contributed by atoms with Gasteiger partial charge in [-0.2, -0.15) is 5.10 Å². The zero-order valence-corrected chi connectivity index (χ0v) is 9.31. The number of rotatable bonds is 3. The van der Waals surface area contributed by atoms with Crippen LogP contribution in [0.3, 0.4) is 0 Å². The van der Waals surface area contributed by atoms with Crippen molar-refractivity contribution in [2.45, 2.75) is 13.0 Å². The van der Waals surface area contributed by atoms with Gasteiger partial charge in [-0.1, -0.05) is 18.2 Å². The van der Waals surface area contributed by atoms with Crippen molar-refractivity contribution in [3.63, 3.8) is 0 Å². The van der Waals surface area contributed by atoms with Crippen LogP contribution in [0.4, 0.5) is 10.1 Å². The molecule has 1 aromatic carbocycles. The van der Waals surface area contributed by atoms with Crippen LogP contribution in [-0.4, -0.2) is 9.78 Å². The molecule has 4 heteroatoms. The van der Waals surface area contributed by atoms with Crippen molar-refractivity contribution in [2.24, 2.45) is 7.05 Å². The maximum atomic E-state index is 13.5. The molecule has 2 aromatic rings. The van der Waals surface area contributed by atoms with Crippen LogP contribution in [0.5, 0.6) is 0 Å². The maximum Gasteiger partial charge on any atom is 0.128 e. The summed E-state index contributed by atoms with van der Waals surface area (Å²) < 4.78 is 15.2. The third kappa shape index (κ3) is 2.21. The second kappa shape index (κ2) is 4.35. The van der Waals surface area contributed by atoms with Gasteiger partial charge in [0, 0.05) is 18.8 Å². The van der Waals surface area contributed by atoms with E-state index in [0.29, 0.717) is 5.56 Å². The summed E-state index contributed by atoms with van der Waals surface area (Å²) >= 11 is 0. The molecule has 1 aromatic heterocycles.